The van der Waals surface area contributed by atoms with Crippen LogP contribution in [0, 0.1) is 11.3 Å². The van der Waals surface area contributed by atoms with E-state index in [2.05, 4.69) is 19.2 Å². The first kappa shape index (κ1) is 21.3. The third kappa shape index (κ3) is 6.00. The number of nitrogens with one attached hydrogen (secondary N) is 1. The molecule has 144 valence electrons. The zero-order valence-electron chi connectivity index (χ0n) is 16.1. The topological polar surface area (TPSA) is 79.2 Å². The lowest BCUT2D eigenvalue weighted by Crippen LogP contribution is -2.21. The molecule has 6 heteroatoms. The van der Waals surface area contributed by atoms with Crippen LogP contribution in [-0.2, 0) is 14.3 Å². The molecule has 1 N–H and O–H groups in total. The third-order valence-corrected chi connectivity index (χ3v) is 4.77. The summed E-state index contributed by atoms with van der Waals surface area (Å²) in [4.78, 5) is 25.1. The maximum atomic E-state index is 12.1. The minimum absolute atomic E-state index is 0.158. The molecule has 0 radical (unpaired) electrons. The summed E-state index contributed by atoms with van der Waals surface area (Å²) in [6, 6.07) is 16.7. The van der Waals surface area contributed by atoms with Gasteiger partial charge < -0.3 is 10.1 Å². The fraction of sp³-hybridized carbons (Fsp3) is 0.227. The van der Waals surface area contributed by atoms with Gasteiger partial charge in [0.15, 0.2) is 6.61 Å². The van der Waals surface area contributed by atoms with Crippen LogP contribution in [0.25, 0.3) is 6.08 Å². The SMILES string of the molecule is CSc1ccccc1NC(=O)COC(=O)/C(C#N)=C/c1ccc(C(C)C)cc1. The number of esters is 1. The summed E-state index contributed by atoms with van der Waals surface area (Å²) in [5.41, 5.74) is 2.38. The highest BCUT2D eigenvalue weighted by atomic mass is 32.2. The second-order valence-electron chi connectivity index (χ2n) is 6.32. The summed E-state index contributed by atoms with van der Waals surface area (Å²) in [5, 5.41) is 11.9. The number of carbonyl (C=O) groups excluding carboxylic acids is 2. The average molecular weight is 394 g/mol. The van der Waals surface area contributed by atoms with Crippen LogP contribution in [-0.4, -0.2) is 24.7 Å². The summed E-state index contributed by atoms with van der Waals surface area (Å²) in [7, 11) is 0. The van der Waals surface area contributed by atoms with Crippen molar-refractivity contribution in [3.05, 3.63) is 65.2 Å². The second-order valence-corrected chi connectivity index (χ2v) is 7.16. The minimum atomic E-state index is -0.830. The lowest BCUT2D eigenvalue weighted by Gasteiger charge is -2.09. The molecule has 0 saturated heterocycles. The molecule has 0 spiro atoms. The molecular weight excluding hydrogens is 372 g/mol. The molecule has 2 aromatic carbocycles. The van der Waals surface area contributed by atoms with Crippen molar-refractivity contribution in [3.63, 3.8) is 0 Å². The van der Waals surface area contributed by atoms with Gasteiger partial charge in [-0.1, -0.05) is 50.2 Å². The van der Waals surface area contributed by atoms with Crippen molar-refractivity contribution >= 4 is 35.4 Å². The van der Waals surface area contributed by atoms with Crippen LogP contribution in [0.3, 0.4) is 0 Å². The first-order valence-corrected chi connectivity index (χ1v) is 9.98. The number of ether oxygens (including phenoxy) is 1. The highest BCUT2D eigenvalue weighted by molar-refractivity contribution is 7.98. The molecule has 0 aliphatic heterocycles. The highest BCUT2D eigenvalue weighted by Crippen LogP contribution is 2.24. The molecule has 28 heavy (non-hydrogen) atoms. The Morgan fingerprint density at radius 3 is 2.46 bits per heavy atom. The van der Waals surface area contributed by atoms with Gasteiger partial charge in [0.25, 0.3) is 5.91 Å². The summed E-state index contributed by atoms with van der Waals surface area (Å²) in [6.07, 6.45) is 3.36. The van der Waals surface area contributed by atoms with Gasteiger partial charge in [-0.2, -0.15) is 5.26 Å². The fourth-order valence-corrected chi connectivity index (χ4v) is 2.98. The molecule has 0 aliphatic rings. The number of nitrogens with zero attached hydrogens (tertiary/aromatic N) is 1. The Morgan fingerprint density at radius 2 is 1.86 bits per heavy atom. The number of amides is 1. The predicted octanol–water partition coefficient (Wildman–Crippen LogP) is 4.62. The number of hydrogen-bond acceptors (Lipinski definition) is 5. The van der Waals surface area contributed by atoms with E-state index >= 15 is 0 Å². The van der Waals surface area contributed by atoms with Crippen LogP contribution in [0.2, 0.25) is 0 Å². The van der Waals surface area contributed by atoms with Crippen LogP contribution in [0.5, 0.6) is 0 Å². The molecule has 1 amide bonds. The molecule has 2 aromatic rings. The number of thioether (sulfide) groups is 1. The van der Waals surface area contributed by atoms with E-state index in [1.165, 1.54) is 23.4 Å². The van der Waals surface area contributed by atoms with Crippen LogP contribution >= 0.6 is 11.8 Å². The number of para-hydroxylation sites is 1. The van der Waals surface area contributed by atoms with E-state index in [4.69, 9.17) is 4.74 Å². The number of nitriles is 1. The van der Waals surface area contributed by atoms with E-state index in [1.807, 2.05) is 54.8 Å². The molecule has 0 aliphatic carbocycles. The van der Waals surface area contributed by atoms with E-state index in [1.54, 1.807) is 6.07 Å². The normalized spacial score (nSPS) is 11.0. The minimum Gasteiger partial charge on any atom is -0.451 e. The molecule has 0 fully saturated rings. The maximum Gasteiger partial charge on any atom is 0.349 e. The number of carbonyl (C=O) groups is 2. The zero-order chi connectivity index (χ0) is 20.5. The predicted molar refractivity (Wildman–Crippen MR) is 112 cm³/mol. The zero-order valence-corrected chi connectivity index (χ0v) is 16.9. The number of benzene rings is 2. The standard InChI is InChI=1S/C22H22N2O3S/c1-15(2)17-10-8-16(9-11-17)12-18(13-23)22(26)27-14-21(25)24-19-6-4-5-7-20(19)28-3/h4-12,15H,14H2,1-3H3,(H,24,25)/b18-12+. The quantitative estimate of drug-likeness (QED) is 0.321. The maximum absolute atomic E-state index is 12.1. The summed E-state index contributed by atoms with van der Waals surface area (Å²) in [6.45, 7) is 3.71. The molecule has 0 aromatic heterocycles. The lowest BCUT2D eigenvalue weighted by molar-refractivity contribution is -0.142. The van der Waals surface area contributed by atoms with Gasteiger partial charge in [0.05, 0.1) is 5.69 Å². The summed E-state index contributed by atoms with van der Waals surface area (Å²) < 4.78 is 4.99. The Kier molecular flexibility index (Phi) is 7.85. The number of hydrogen-bond donors (Lipinski definition) is 1. The van der Waals surface area contributed by atoms with Gasteiger partial charge in [0, 0.05) is 4.90 Å². The molecule has 0 bridgehead atoms. The van der Waals surface area contributed by atoms with E-state index in [0.717, 1.165) is 10.5 Å². The smallest absolute Gasteiger partial charge is 0.349 e. The van der Waals surface area contributed by atoms with Crippen LogP contribution in [0.15, 0.2) is 59.0 Å². The van der Waals surface area contributed by atoms with E-state index in [-0.39, 0.29) is 5.57 Å². The number of rotatable bonds is 7. The Hall–Kier alpha value is -3.04. The van der Waals surface area contributed by atoms with Crippen molar-refractivity contribution in [1.82, 2.24) is 0 Å². The molecule has 0 atom stereocenters. The molecule has 0 heterocycles. The van der Waals surface area contributed by atoms with E-state index in [0.29, 0.717) is 11.6 Å². The lowest BCUT2D eigenvalue weighted by atomic mass is 10.0. The second kappa shape index (κ2) is 10.3. The van der Waals surface area contributed by atoms with Gasteiger partial charge >= 0.3 is 5.97 Å². The van der Waals surface area contributed by atoms with Gasteiger partial charge in [0.2, 0.25) is 0 Å². The Bertz CT molecular complexity index is 912. The molecule has 2 rings (SSSR count). The van der Waals surface area contributed by atoms with Crippen molar-refractivity contribution in [3.8, 4) is 6.07 Å². The average Bonchev–Trinajstić information content (AvgIpc) is 2.71. The van der Waals surface area contributed by atoms with Crippen LogP contribution in [0.4, 0.5) is 5.69 Å². The number of anilines is 1. The van der Waals surface area contributed by atoms with E-state index < -0.39 is 18.5 Å². The monoisotopic (exact) mass is 394 g/mol. The molecular formula is C22H22N2O3S. The van der Waals surface area contributed by atoms with Crippen molar-refractivity contribution in [2.45, 2.75) is 24.7 Å². The summed E-state index contributed by atoms with van der Waals surface area (Å²) >= 11 is 1.50. The van der Waals surface area contributed by atoms with Crippen molar-refractivity contribution in [2.24, 2.45) is 0 Å². The molecule has 5 nitrogen and oxygen atoms in total. The van der Waals surface area contributed by atoms with Gasteiger partial charge in [0.1, 0.15) is 11.6 Å². The van der Waals surface area contributed by atoms with Gasteiger partial charge in [-0.3, -0.25) is 4.79 Å². The molecule has 0 saturated carbocycles. The highest BCUT2D eigenvalue weighted by Gasteiger charge is 2.14. The fourth-order valence-electron chi connectivity index (χ4n) is 2.42. The van der Waals surface area contributed by atoms with Gasteiger partial charge in [-0.05, 0) is 41.5 Å². The van der Waals surface area contributed by atoms with Crippen molar-refractivity contribution in [1.29, 1.82) is 5.26 Å². The first-order chi connectivity index (χ1) is 13.4. The Morgan fingerprint density at radius 1 is 1.18 bits per heavy atom. The van der Waals surface area contributed by atoms with Crippen molar-refractivity contribution < 1.29 is 14.3 Å². The Balaban J connectivity index is 1.98. The van der Waals surface area contributed by atoms with Crippen LogP contribution in [0.1, 0.15) is 30.9 Å². The first-order valence-electron chi connectivity index (χ1n) is 8.76. The molecule has 0 unspecified atom stereocenters. The van der Waals surface area contributed by atoms with Gasteiger partial charge in [-0.15, -0.1) is 11.8 Å². The van der Waals surface area contributed by atoms with E-state index in [9.17, 15) is 14.9 Å². The van der Waals surface area contributed by atoms with Crippen LogP contribution < -0.4 is 5.32 Å². The van der Waals surface area contributed by atoms with Crippen molar-refractivity contribution in [2.75, 3.05) is 18.2 Å². The summed E-state index contributed by atoms with van der Waals surface area (Å²) in [5.74, 6) is -0.898. The largest absolute Gasteiger partial charge is 0.451 e. The Labute approximate surface area is 169 Å². The van der Waals surface area contributed by atoms with Gasteiger partial charge in [-0.25, -0.2) is 4.79 Å². The third-order valence-electron chi connectivity index (χ3n) is 3.97.